The Morgan fingerprint density at radius 2 is 2.39 bits per heavy atom. The number of nitrogens with zero attached hydrogens (tertiary/aromatic N) is 2. The van der Waals surface area contributed by atoms with Crippen LogP contribution in [0.5, 0.6) is 0 Å². The third-order valence-corrected chi connectivity index (χ3v) is 4.20. The minimum Gasteiger partial charge on any atom is -0.381 e. The van der Waals surface area contributed by atoms with Crippen molar-refractivity contribution in [3.8, 4) is 0 Å². The number of hydrogen-bond donors (Lipinski definition) is 3. The van der Waals surface area contributed by atoms with Crippen LogP contribution >= 0.6 is 0 Å². The fraction of sp³-hybridized carbons (Fsp3) is 0.556. The third-order valence-electron chi connectivity index (χ3n) is 2.67. The van der Waals surface area contributed by atoms with E-state index in [-0.39, 0.29) is 23.0 Å². The number of carbonyl (C=O) groups excluding carboxylic acids is 1. The van der Waals surface area contributed by atoms with Crippen LogP contribution in [-0.2, 0) is 21.4 Å². The smallest absolute Gasteiger partial charge is 0.246 e. The molecule has 4 N–H and O–H groups in total. The fourth-order valence-corrected chi connectivity index (χ4v) is 3.07. The Hall–Kier alpha value is -1.61. The second kappa shape index (κ2) is 4.58. The molecule has 0 radical (unpaired) electrons. The number of sulfonamides is 1. The average Bonchev–Trinajstić information content (AvgIpc) is 2.84. The van der Waals surface area contributed by atoms with Gasteiger partial charge >= 0.3 is 0 Å². The molecule has 1 aliphatic rings. The molecule has 8 nitrogen and oxygen atoms in total. The van der Waals surface area contributed by atoms with E-state index in [4.69, 9.17) is 5.73 Å². The first-order valence-electron chi connectivity index (χ1n) is 5.54. The summed E-state index contributed by atoms with van der Waals surface area (Å²) < 4.78 is 28.0. The van der Waals surface area contributed by atoms with Crippen molar-refractivity contribution in [2.24, 2.45) is 0 Å². The number of anilines is 1. The highest BCUT2D eigenvalue weighted by atomic mass is 32.2. The van der Waals surface area contributed by atoms with Gasteiger partial charge in [0.1, 0.15) is 4.90 Å². The third kappa shape index (κ3) is 2.46. The molecule has 0 saturated carbocycles. The number of aromatic nitrogens is 2. The van der Waals surface area contributed by atoms with Crippen molar-refractivity contribution in [3.05, 3.63) is 6.20 Å². The predicted molar refractivity (Wildman–Crippen MR) is 64.0 cm³/mol. The molecule has 1 amide bonds. The summed E-state index contributed by atoms with van der Waals surface area (Å²) in [6.45, 7) is 2.65. The predicted octanol–water partition coefficient (Wildman–Crippen LogP) is -1.35. The average molecular weight is 273 g/mol. The summed E-state index contributed by atoms with van der Waals surface area (Å²) in [4.78, 5) is 11.0. The Labute approximate surface area is 105 Å². The molecular weight excluding hydrogens is 258 g/mol. The summed E-state index contributed by atoms with van der Waals surface area (Å²) in [5, 5.41) is 6.43. The summed E-state index contributed by atoms with van der Waals surface area (Å²) in [6, 6.07) is -0.438. The second-order valence-electron chi connectivity index (χ2n) is 4.06. The van der Waals surface area contributed by atoms with Gasteiger partial charge in [-0.25, -0.2) is 13.1 Å². The van der Waals surface area contributed by atoms with Gasteiger partial charge in [0, 0.05) is 31.7 Å². The van der Waals surface area contributed by atoms with Crippen LogP contribution in [0.25, 0.3) is 0 Å². The lowest BCUT2D eigenvalue weighted by Crippen LogP contribution is -2.36. The van der Waals surface area contributed by atoms with Crippen molar-refractivity contribution in [2.75, 3.05) is 12.3 Å². The highest BCUT2D eigenvalue weighted by Gasteiger charge is 2.29. The van der Waals surface area contributed by atoms with Crippen LogP contribution in [0.15, 0.2) is 11.1 Å². The monoisotopic (exact) mass is 273 g/mol. The maximum atomic E-state index is 12.1. The quantitative estimate of drug-likeness (QED) is 0.626. The molecule has 100 valence electrons. The summed E-state index contributed by atoms with van der Waals surface area (Å²) in [5.41, 5.74) is 5.57. The van der Waals surface area contributed by atoms with Crippen molar-refractivity contribution in [2.45, 2.75) is 30.8 Å². The van der Waals surface area contributed by atoms with Gasteiger partial charge in [-0.2, -0.15) is 5.10 Å². The minimum absolute atomic E-state index is 0.0402. The van der Waals surface area contributed by atoms with E-state index in [9.17, 15) is 13.2 Å². The molecule has 9 heteroatoms. The van der Waals surface area contributed by atoms with Gasteiger partial charge in [-0.3, -0.25) is 9.48 Å². The van der Waals surface area contributed by atoms with Crippen LogP contribution in [0.2, 0.25) is 0 Å². The van der Waals surface area contributed by atoms with E-state index in [0.29, 0.717) is 13.1 Å². The van der Waals surface area contributed by atoms with Crippen molar-refractivity contribution in [1.29, 1.82) is 0 Å². The number of aryl methyl sites for hydroxylation is 1. The molecule has 1 fully saturated rings. The molecule has 0 aliphatic carbocycles. The van der Waals surface area contributed by atoms with E-state index in [1.165, 1.54) is 10.9 Å². The highest BCUT2D eigenvalue weighted by molar-refractivity contribution is 7.89. The van der Waals surface area contributed by atoms with Gasteiger partial charge in [-0.15, -0.1) is 0 Å². The summed E-state index contributed by atoms with van der Waals surface area (Å²) in [6.07, 6.45) is 1.52. The lowest BCUT2D eigenvalue weighted by Gasteiger charge is -2.09. The van der Waals surface area contributed by atoms with Gasteiger partial charge < -0.3 is 11.1 Å². The normalized spacial score (nSPS) is 20.1. The van der Waals surface area contributed by atoms with E-state index in [1.807, 2.05) is 6.92 Å². The molecule has 1 atom stereocenters. The molecule has 18 heavy (non-hydrogen) atoms. The summed E-state index contributed by atoms with van der Waals surface area (Å²) in [5.74, 6) is -0.207. The van der Waals surface area contributed by atoms with Gasteiger partial charge in [-0.1, -0.05) is 0 Å². The standard InChI is InChI=1S/C9H15N5O3S/c1-2-14-5-7(9(10)12-14)18(16,17)13-6-3-8(15)11-4-6/h5-6,13H,2-4H2,1H3,(H2,10,12)(H,11,15). The lowest BCUT2D eigenvalue weighted by atomic mass is 10.3. The Balaban J connectivity index is 2.19. The van der Waals surface area contributed by atoms with Crippen LogP contribution in [0.3, 0.4) is 0 Å². The maximum Gasteiger partial charge on any atom is 0.246 e. The molecule has 1 aliphatic heterocycles. The number of rotatable bonds is 4. The number of amides is 1. The van der Waals surface area contributed by atoms with Crippen LogP contribution in [0.4, 0.5) is 5.82 Å². The molecule has 1 aromatic rings. The van der Waals surface area contributed by atoms with E-state index in [1.54, 1.807) is 0 Å². The molecule has 2 rings (SSSR count). The van der Waals surface area contributed by atoms with Crippen LogP contribution in [-0.4, -0.2) is 36.7 Å². The number of carbonyl (C=O) groups is 1. The highest BCUT2D eigenvalue weighted by Crippen LogP contribution is 2.17. The molecule has 1 saturated heterocycles. The topological polar surface area (TPSA) is 119 Å². The Bertz CT molecular complexity index is 565. The van der Waals surface area contributed by atoms with E-state index in [0.717, 1.165) is 0 Å². The Morgan fingerprint density at radius 3 is 2.89 bits per heavy atom. The first-order chi connectivity index (χ1) is 8.42. The molecule has 2 heterocycles. The molecule has 1 aromatic heterocycles. The zero-order valence-electron chi connectivity index (χ0n) is 9.88. The van der Waals surface area contributed by atoms with Crippen molar-refractivity contribution in [3.63, 3.8) is 0 Å². The van der Waals surface area contributed by atoms with Crippen molar-refractivity contribution >= 4 is 21.7 Å². The summed E-state index contributed by atoms with van der Waals surface area (Å²) in [7, 11) is -3.74. The second-order valence-corrected chi connectivity index (χ2v) is 5.74. The first kappa shape index (κ1) is 12.8. The van der Waals surface area contributed by atoms with E-state index in [2.05, 4.69) is 15.1 Å². The minimum atomic E-state index is -3.74. The number of nitrogen functional groups attached to an aromatic ring is 1. The Kier molecular flexibility index (Phi) is 3.26. The van der Waals surface area contributed by atoms with Crippen LogP contribution in [0.1, 0.15) is 13.3 Å². The fourth-order valence-electron chi connectivity index (χ4n) is 1.76. The van der Waals surface area contributed by atoms with Crippen molar-refractivity contribution in [1.82, 2.24) is 19.8 Å². The van der Waals surface area contributed by atoms with Gasteiger partial charge in [0.2, 0.25) is 15.9 Å². The first-order valence-corrected chi connectivity index (χ1v) is 7.02. The zero-order valence-corrected chi connectivity index (χ0v) is 10.7. The maximum absolute atomic E-state index is 12.1. The number of nitrogens with one attached hydrogen (secondary N) is 2. The van der Waals surface area contributed by atoms with E-state index < -0.39 is 16.1 Å². The largest absolute Gasteiger partial charge is 0.381 e. The van der Waals surface area contributed by atoms with Crippen LogP contribution < -0.4 is 15.8 Å². The SMILES string of the molecule is CCn1cc(S(=O)(=O)NC2CNC(=O)C2)c(N)n1. The van der Waals surface area contributed by atoms with Gasteiger partial charge in [0.15, 0.2) is 5.82 Å². The van der Waals surface area contributed by atoms with Crippen molar-refractivity contribution < 1.29 is 13.2 Å². The molecule has 0 aromatic carbocycles. The lowest BCUT2D eigenvalue weighted by molar-refractivity contribution is -0.119. The van der Waals surface area contributed by atoms with Gasteiger partial charge in [-0.05, 0) is 6.92 Å². The molecule has 0 bridgehead atoms. The van der Waals surface area contributed by atoms with Gasteiger partial charge in [0.25, 0.3) is 0 Å². The molecule has 1 unspecified atom stereocenters. The molecular formula is C9H15N5O3S. The van der Waals surface area contributed by atoms with E-state index >= 15 is 0 Å². The zero-order chi connectivity index (χ0) is 13.3. The van der Waals surface area contributed by atoms with Crippen LogP contribution in [0, 0.1) is 0 Å². The molecule has 0 spiro atoms. The number of nitrogens with two attached hydrogens (primary N) is 1. The van der Waals surface area contributed by atoms with Gasteiger partial charge in [0.05, 0.1) is 0 Å². The Morgan fingerprint density at radius 1 is 1.67 bits per heavy atom. The number of hydrogen-bond acceptors (Lipinski definition) is 5. The summed E-state index contributed by atoms with van der Waals surface area (Å²) >= 11 is 0.